The lowest BCUT2D eigenvalue weighted by atomic mass is 10.1. The van der Waals surface area contributed by atoms with Crippen molar-refractivity contribution in [3.8, 4) is 0 Å². The van der Waals surface area contributed by atoms with Crippen molar-refractivity contribution in [1.82, 2.24) is 10.6 Å². The minimum absolute atomic E-state index is 0.00919. The van der Waals surface area contributed by atoms with Crippen LogP contribution in [0.1, 0.15) is 25.3 Å². The maximum atomic E-state index is 11.6. The minimum Gasteiger partial charge on any atom is -0.356 e. The van der Waals surface area contributed by atoms with Gasteiger partial charge in [-0.25, -0.2) is 0 Å². The van der Waals surface area contributed by atoms with E-state index in [1.54, 1.807) is 0 Å². The average molecular weight is 274 g/mol. The molecule has 0 heterocycles. The lowest BCUT2D eigenvalue weighted by molar-refractivity contribution is -0.123. The maximum Gasteiger partial charge on any atom is 0.223 e. The van der Waals surface area contributed by atoms with Gasteiger partial charge in [0.15, 0.2) is 0 Å². The summed E-state index contributed by atoms with van der Waals surface area (Å²) in [7, 11) is 0. The summed E-state index contributed by atoms with van der Waals surface area (Å²) >= 11 is 0. The highest BCUT2D eigenvalue weighted by Gasteiger charge is 2.38. The second-order valence-electron chi connectivity index (χ2n) is 5.45. The fourth-order valence-corrected chi connectivity index (χ4v) is 2.20. The van der Waals surface area contributed by atoms with Gasteiger partial charge in [-0.1, -0.05) is 37.3 Å². The molecule has 108 valence electrons. The third-order valence-corrected chi connectivity index (χ3v) is 3.68. The molecule has 2 atom stereocenters. The Morgan fingerprint density at radius 2 is 1.85 bits per heavy atom. The van der Waals surface area contributed by atoms with E-state index < -0.39 is 0 Å². The molecule has 1 fully saturated rings. The standard InChI is InChI=1S/C16H22N2O2/c1-12-11-14(12)16(20)18-10-8-15(19)17-9-7-13-5-3-2-4-6-13/h2-6,12,14H,7-11H2,1H3,(H,17,19)(H,18,20)/t12-,14-/m1/s1. The van der Waals surface area contributed by atoms with Gasteiger partial charge < -0.3 is 10.6 Å². The molecule has 4 nitrogen and oxygen atoms in total. The number of amides is 2. The Labute approximate surface area is 119 Å². The zero-order valence-electron chi connectivity index (χ0n) is 11.9. The molecule has 2 amide bonds. The van der Waals surface area contributed by atoms with E-state index in [9.17, 15) is 9.59 Å². The fraction of sp³-hybridized carbons (Fsp3) is 0.500. The first-order valence-corrected chi connectivity index (χ1v) is 7.25. The van der Waals surface area contributed by atoms with Gasteiger partial charge in [0, 0.05) is 25.4 Å². The smallest absolute Gasteiger partial charge is 0.223 e. The van der Waals surface area contributed by atoms with Crippen LogP contribution in [-0.2, 0) is 16.0 Å². The van der Waals surface area contributed by atoms with Gasteiger partial charge in [0.1, 0.15) is 0 Å². The quantitative estimate of drug-likeness (QED) is 0.792. The van der Waals surface area contributed by atoms with Crippen LogP contribution in [0.15, 0.2) is 30.3 Å². The predicted molar refractivity (Wildman–Crippen MR) is 78.1 cm³/mol. The zero-order chi connectivity index (χ0) is 14.4. The Bertz CT molecular complexity index is 459. The van der Waals surface area contributed by atoms with E-state index in [4.69, 9.17) is 0 Å². The van der Waals surface area contributed by atoms with Gasteiger partial charge in [-0.2, -0.15) is 0 Å². The van der Waals surface area contributed by atoms with Gasteiger partial charge >= 0.3 is 0 Å². The fourth-order valence-electron chi connectivity index (χ4n) is 2.20. The van der Waals surface area contributed by atoms with Crippen LogP contribution in [-0.4, -0.2) is 24.9 Å². The summed E-state index contributed by atoms with van der Waals surface area (Å²) in [6.07, 6.45) is 2.16. The van der Waals surface area contributed by atoms with Crippen LogP contribution in [0, 0.1) is 11.8 Å². The Morgan fingerprint density at radius 1 is 1.15 bits per heavy atom. The Hall–Kier alpha value is -1.84. The summed E-state index contributed by atoms with van der Waals surface area (Å²) in [6, 6.07) is 10.1. The number of nitrogens with one attached hydrogen (secondary N) is 2. The molecule has 2 rings (SSSR count). The predicted octanol–water partition coefficient (Wildman–Crippen LogP) is 1.51. The number of rotatable bonds is 7. The number of hydrogen-bond acceptors (Lipinski definition) is 2. The molecule has 0 saturated heterocycles. The third kappa shape index (κ3) is 4.68. The van der Waals surface area contributed by atoms with E-state index in [-0.39, 0.29) is 17.7 Å². The van der Waals surface area contributed by atoms with Crippen LogP contribution in [0.4, 0.5) is 0 Å². The number of carbonyl (C=O) groups is 2. The molecule has 0 bridgehead atoms. The van der Waals surface area contributed by atoms with E-state index in [2.05, 4.69) is 17.6 Å². The van der Waals surface area contributed by atoms with Gasteiger partial charge in [0.25, 0.3) is 0 Å². The first-order chi connectivity index (χ1) is 9.66. The molecule has 1 saturated carbocycles. The molecule has 0 aliphatic heterocycles. The van der Waals surface area contributed by atoms with Gasteiger partial charge in [-0.15, -0.1) is 0 Å². The molecule has 2 N–H and O–H groups in total. The van der Waals surface area contributed by atoms with Gasteiger partial charge in [-0.3, -0.25) is 9.59 Å². The molecule has 20 heavy (non-hydrogen) atoms. The lowest BCUT2D eigenvalue weighted by Crippen LogP contribution is -2.32. The van der Waals surface area contributed by atoms with Crippen LogP contribution in [0.3, 0.4) is 0 Å². The molecule has 1 aromatic carbocycles. The highest BCUT2D eigenvalue weighted by atomic mass is 16.2. The zero-order valence-corrected chi connectivity index (χ0v) is 11.9. The average Bonchev–Trinajstić information content (AvgIpc) is 3.17. The topological polar surface area (TPSA) is 58.2 Å². The van der Waals surface area contributed by atoms with Gasteiger partial charge in [-0.05, 0) is 24.3 Å². The normalized spacial score (nSPS) is 20.2. The molecular formula is C16H22N2O2. The number of carbonyl (C=O) groups excluding carboxylic acids is 2. The first kappa shape index (κ1) is 14.6. The molecular weight excluding hydrogens is 252 g/mol. The van der Waals surface area contributed by atoms with Gasteiger partial charge in [0.05, 0.1) is 0 Å². The molecule has 1 aromatic rings. The number of benzene rings is 1. The second kappa shape index (κ2) is 7.08. The van der Waals surface area contributed by atoms with Crippen LogP contribution < -0.4 is 10.6 Å². The van der Waals surface area contributed by atoms with Crippen molar-refractivity contribution in [2.24, 2.45) is 11.8 Å². The summed E-state index contributed by atoms with van der Waals surface area (Å²) in [4.78, 5) is 23.2. The van der Waals surface area contributed by atoms with E-state index in [1.165, 1.54) is 5.56 Å². The molecule has 1 aliphatic rings. The first-order valence-electron chi connectivity index (χ1n) is 7.25. The van der Waals surface area contributed by atoms with Gasteiger partial charge in [0.2, 0.25) is 11.8 Å². The highest BCUT2D eigenvalue weighted by molar-refractivity contribution is 5.82. The van der Waals surface area contributed by atoms with Crippen molar-refractivity contribution in [2.45, 2.75) is 26.2 Å². The van der Waals surface area contributed by atoms with Crippen molar-refractivity contribution in [3.63, 3.8) is 0 Å². The van der Waals surface area contributed by atoms with Crippen LogP contribution in [0.2, 0.25) is 0 Å². The Balaban J connectivity index is 1.53. The van der Waals surface area contributed by atoms with Crippen molar-refractivity contribution in [2.75, 3.05) is 13.1 Å². The summed E-state index contributed by atoms with van der Waals surface area (Å²) in [5, 5.41) is 5.68. The lowest BCUT2D eigenvalue weighted by Gasteiger charge is -2.06. The van der Waals surface area contributed by atoms with Crippen molar-refractivity contribution < 1.29 is 9.59 Å². The summed E-state index contributed by atoms with van der Waals surface area (Å²) in [6.45, 7) is 3.14. The molecule has 4 heteroatoms. The highest BCUT2D eigenvalue weighted by Crippen LogP contribution is 2.37. The van der Waals surface area contributed by atoms with Crippen LogP contribution in [0.5, 0.6) is 0 Å². The number of hydrogen-bond donors (Lipinski definition) is 2. The summed E-state index contributed by atoms with van der Waals surface area (Å²) in [5.41, 5.74) is 1.21. The molecule has 0 radical (unpaired) electrons. The Kier molecular flexibility index (Phi) is 5.16. The molecule has 0 aromatic heterocycles. The van der Waals surface area contributed by atoms with E-state index in [0.717, 1.165) is 12.8 Å². The van der Waals surface area contributed by atoms with E-state index in [0.29, 0.717) is 25.4 Å². The maximum absolute atomic E-state index is 11.6. The molecule has 0 unspecified atom stereocenters. The summed E-state index contributed by atoms with van der Waals surface area (Å²) in [5.74, 6) is 0.769. The molecule has 1 aliphatic carbocycles. The third-order valence-electron chi connectivity index (χ3n) is 3.68. The van der Waals surface area contributed by atoms with E-state index >= 15 is 0 Å². The van der Waals surface area contributed by atoms with E-state index in [1.807, 2.05) is 30.3 Å². The SMILES string of the molecule is C[C@@H]1C[C@H]1C(=O)NCCC(=O)NCCc1ccccc1. The van der Waals surface area contributed by atoms with Crippen molar-refractivity contribution in [3.05, 3.63) is 35.9 Å². The van der Waals surface area contributed by atoms with Crippen LogP contribution in [0.25, 0.3) is 0 Å². The summed E-state index contributed by atoms with van der Waals surface area (Å²) < 4.78 is 0. The van der Waals surface area contributed by atoms with Crippen molar-refractivity contribution >= 4 is 11.8 Å². The van der Waals surface area contributed by atoms with Crippen LogP contribution >= 0.6 is 0 Å². The minimum atomic E-state index is -0.00919. The molecule has 0 spiro atoms. The largest absolute Gasteiger partial charge is 0.356 e. The van der Waals surface area contributed by atoms with Crippen molar-refractivity contribution in [1.29, 1.82) is 0 Å². The second-order valence-corrected chi connectivity index (χ2v) is 5.45. The Morgan fingerprint density at radius 3 is 2.50 bits per heavy atom. The monoisotopic (exact) mass is 274 g/mol.